The number of fused-ring (bicyclic) bond motifs is 2. The second-order valence-corrected chi connectivity index (χ2v) is 7.44. The number of hydrogen-bond acceptors (Lipinski definition) is 4. The predicted molar refractivity (Wildman–Crippen MR) is 94.7 cm³/mol. The lowest BCUT2D eigenvalue weighted by molar-refractivity contribution is 0.451. The van der Waals surface area contributed by atoms with Gasteiger partial charge in [0.05, 0.1) is 11.4 Å². The summed E-state index contributed by atoms with van der Waals surface area (Å²) in [5.74, 6) is 1.20. The fourth-order valence-electron chi connectivity index (χ4n) is 3.11. The normalized spacial score (nSPS) is 14.5. The van der Waals surface area contributed by atoms with E-state index in [1.165, 1.54) is 0 Å². The first-order valence-corrected chi connectivity index (χ1v) is 9.61. The van der Waals surface area contributed by atoms with Gasteiger partial charge in [-0.05, 0) is 42.7 Å². The Labute approximate surface area is 142 Å². The van der Waals surface area contributed by atoms with E-state index in [-0.39, 0.29) is 6.42 Å². The SMILES string of the molecule is CCCc1ccc2c(c1)Oc1ccccc1N2C(CC)S(=O)(=O)O. The van der Waals surface area contributed by atoms with Crippen LogP contribution in [-0.4, -0.2) is 18.3 Å². The smallest absolute Gasteiger partial charge is 0.286 e. The summed E-state index contributed by atoms with van der Waals surface area (Å²) in [7, 11) is -4.25. The summed E-state index contributed by atoms with van der Waals surface area (Å²) >= 11 is 0. The molecule has 3 rings (SSSR count). The minimum atomic E-state index is -4.25. The van der Waals surface area contributed by atoms with Crippen LogP contribution in [0, 0.1) is 0 Å². The zero-order valence-corrected chi connectivity index (χ0v) is 14.6. The Hall–Kier alpha value is -2.05. The summed E-state index contributed by atoms with van der Waals surface area (Å²) in [4.78, 5) is 1.65. The van der Waals surface area contributed by atoms with Crippen molar-refractivity contribution in [2.45, 2.75) is 38.5 Å². The number of hydrogen-bond donors (Lipinski definition) is 1. The molecule has 0 fully saturated rings. The number of para-hydroxylation sites is 2. The highest BCUT2D eigenvalue weighted by atomic mass is 32.2. The third kappa shape index (κ3) is 2.99. The molecule has 0 amide bonds. The molecule has 0 bridgehead atoms. The van der Waals surface area contributed by atoms with Crippen LogP contribution in [0.2, 0.25) is 0 Å². The van der Waals surface area contributed by atoms with Crippen molar-refractivity contribution in [1.82, 2.24) is 0 Å². The van der Waals surface area contributed by atoms with Gasteiger partial charge in [-0.3, -0.25) is 4.55 Å². The Balaban J connectivity index is 2.18. The lowest BCUT2D eigenvalue weighted by Crippen LogP contribution is -2.38. The topological polar surface area (TPSA) is 66.8 Å². The monoisotopic (exact) mass is 347 g/mol. The Morgan fingerprint density at radius 1 is 1.08 bits per heavy atom. The van der Waals surface area contributed by atoms with E-state index in [1.54, 1.807) is 24.0 Å². The van der Waals surface area contributed by atoms with Gasteiger partial charge in [0.1, 0.15) is 0 Å². The zero-order chi connectivity index (χ0) is 17.3. The van der Waals surface area contributed by atoms with Crippen LogP contribution in [0.1, 0.15) is 32.3 Å². The lowest BCUT2D eigenvalue weighted by atomic mass is 10.1. The van der Waals surface area contributed by atoms with Crippen molar-refractivity contribution in [3.05, 3.63) is 48.0 Å². The van der Waals surface area contributed by atoms with Gasteiger partial charge >= 0.3 is 0 Å². The predicted octanol–water partition coefficient (Wildman–Crippen LogP) is 4.51. The van der Waals surface area contributed by atoms with E-state index in [0.29, 0.717) is 22.9 Å². The van der Waals surface area contributed by atoms with Crippen LogP contribution in [0.25, 0.3) is 0 Å². The lowest BCUT2D eigenvalue weighted by Gasteiger charge is -2.36. The van der Waals surface area contributed by atoms with E-state index >= 15 is 0 Å². The molecule has 128 valence electrons. The van der Waals surface area contributed by atoms with E-state index in [1.807, 2.05) is 30.3 Å². The van der Waals surface area contributed by atoms with Crippen LogP contribution in [-0.2, 0) is 16.5 Å². The molecule has 0 aliphatic carbocycles. The highest BCUT2D eigenvalue weighted by molar-refractivity contribution is 7.86. The van der Waals surface area contributed by atoms with E-state index in [4.69, 9.17) is 4.74 Å². The summed E-state index contributed by atoms with van der Waals surface area (Å²) in [6, 6.07) is 13.0. The molecule has 2 aromatic rings. The summed E-state index contributed by atoms with van der Waals surface area (Å²) in [5, 5.41) is -1.06. The number of benzene rings is 2. The molecule has 1 unspecified atom stereocenters. The molecule has 5 nitrogen and oxygen atoms in total. The molecule has 0 spiro atoms. The Bertz CT molecular complexity index is 848. The molecular weight excluding hydrogens is 326 g/mol. The molecule has 1 atom stereocenters. The maximum Gasteiger partial charge on any atom is 0.286 e. The van der Waals surface area contributed by atoms with Crippen LogP contribution in [0.3, 0.4) is 0 Å². The first kappa shape index (κ1) is 16.8. The molecule has 6 heteroatoms. The minimum Gasteiger partial charge on any atom is -0.453 e. The van der Waals surface area contributed by atoms with Crippen LogP contribution >= 0.6 is 0 Å². The molecule has 1 aliphatic rings. The maximum absolute atomic E-state index is 11.9. The molecule has 2 aromatic carbocycles. The van der Waals surface area contributed by atoms with E-state index in [0.717, 1.165) is 18.4 Å². The minimum absolute atomic E-state index is 0.253. The van der Waals surface area contributed by atoms with Crippen molar-refractivity contribution in [3.8, 4) is 11.5 Å². The number of aryl methyl sites for hydroxylation is 1. The van der Waals surface area contributed by atoms with Crippen LogP contribution in [0.4, 0.5) is 11.4 Å². The van der Waals surface area contributed by atoms with Crippen molar-refractivity contribution in [2.24, 2.45) is 0 Å². The second-order valence-electron chi connectivity index (χ2n) is 5.87. The average molecular weight is 347 g/mol. The van der Waals surface area contributed by atoms with Gasteiger partial charge < -0.3 is 9.64 Å². The average Bonchev–Trinajstić information content (AvgIpc) is 2.53. The molecule has 1 N–H and O–H groups in total. The Morgan fingerprint density at radius 2 is 1.79 bits per heavy atom. The third-order valence-corrected chi connectivity index (χ3v) is 5.38. The largest absolute Gasteiger partial charge is 0.453 e. The Kier molecular flexibility index (Phi) is 4.51. The van der Waals surface area contributed by atoms with Gasteiger partial charge in [-0.25, -0.2) is 0 Å². The number of anilines is 2. The number of nitrogens with zero attached hydrogens (tertiary/aromatic N) is 1. The molecule has 24 heavy (non-hydrogen) atoms. The molecule has 1 heterocycles. The molecule has 1 aliphatic heterocycles. The van der Waals surface area contributed by atoms with Gasteiger partial charge in [0, 0.05) is 0 Å². The standard InChI is InChI=1S/C18H21NO4S/c1-3-7-13-10-11-15-17(12-13)23-16-9-6-5-8-14(16)19(15)18(4-2)24(20,21)22/h5-6,8-12,18H,3-4,7H2,1-2H3,(H,20,21,22). The van der Waals surface area contributed by atoms with E-state index in [9.17, 15) is 13.0 Å². The fourth-order valence-corrected chi connectivity index (χ4v) is 4.03. The quantitative estimate of drug-likeness (QED) is 0.806. The van der Waals surface area contributed by atoms with Crippen molar-refractivity contribution in [1.29, 1.82) is 0 Å². The van der Waals surface area contributed by atoms with Gasteiger partial charge in [0.15, 0.2) is 16.9 Å². The first-order chi connectivity index (χ1) is 11.5. The van der Waals surface area contributed by atoms with Crippen LogP contribution < -0.4 is 9.64 Å². The van der Waals surface area contributed by atoms with Crippen LogP contribution in [0.5, 0.6) is 11.5 Å². The highest BCUT2D eigenvalue weighted by Gasteiger charge is 2.35. The number of ether oxygens (including phenoxy) is 1. The first-order valence-electron chi connectivity index (χ1n) is 8.11. The molecule has 0 aromatic heterocycles. The van der Waals surface area contributed by atoms with Gasteiger partial charge in [-0.1, -0.05) is 38.5 Å². The summed E-state index contributed by atoms with van der Waals surface area (Å²) in [5.41, 5.74) is 2.42. The number of rotatable bonds is 5. The van der Waals surface area contributed by atoms with Crippen molar-refractivity contribution in [3.63, 3.8) is 0 Å². The van der Waals surface area contributed by atoms with Gasteiger partial charge in [-0.15, -0.1) is 0 Å². The summed E-state index contributed by atoms with van der Waals surface area (Å²) < 4.78 is 39.5. The van der Waals surface area contributed by atoms with E-state index in [2.05, 4.69) is 6.92 Å². The second kappa shape index (κ2) is 6.45. The molecule has 0 saturated carbocycles. The third-order valence-electron chi connectivity index (χ3n) is 4.15. The van der Waals surface area contributed by atoms with Gasteiger partial charge in [0.2, 0.25) is 0 Å². The van der Waals surface area contributed by atoms with Crippen LogP contribution in [0.15, 0.2) is 42.5 Å². The zero-order valence-electron chi connectivity index (χ0n) is 13.8. The van der Waals surface area contributed by atoms with E-state index < -0.39 is 15.5 Å². The molecule has 0 radical (unpaired) electrons. The van der Waals surface area contributed by atoms with Gasteiger partial charge in [-0.2, -0.15) is 8.42 Å². The maximum atomic E-state index is 11.9. The summed E-state index contributed by atoms with van der Waals surface area (Å²) in [6.45, 7) is 3.84. The van der Waals surface area contributed by atoms with Crippen molar-refractivity contribution in [2.75, 3.05) is 4.90 Å². The van der Waals surface area contributed by atoms with Crippen molar-refractivity contribution >= 4 is 21.5 Å². The fraction of sp³-hybridized carbons (Fsp3) is 0.333. The molecule has 0 saturated heterocycles. The Morgan fingerprint density at radius 3 is 2.46 bits per heavy atom. The van der Waals surface area contributed by atoms with Gasteiger partial charge in [0.25, 0.3) is 10.1 Å². The highest BCUT2D eigenvalue weighted by Crippen LogP contribution is 2.48. The molecular formula is C18H21NO4S. The van der Waals surface area contributed by atoms with Crippen molar-refractivity contribution < 1.29 is 17.7 Å². The summed E-state index contributed by atoms with van der Waals surface area (Å²) in [6.07, 6.45) is 2.19.